The van der Waals surface area contributed by atoms with Crippen LogP contribution in [0.5, 0.6) is 0 Å². The van der Waals surface area contributed by atoms with Gasteiger partial charge in [-0.1, -0.05) is 12.1 Å². The SMILES string of the molecule is C[C@@H]1CN(Cc2csc(NC(=O)COCc3nc4ccccc4s3)n2)C[C@@H](C)O1. The second-order valence-electron chi connectivity index (χ2n) is 7.21. The van der Waals surface area contributed by atoms with Gasteiger partial charge in [-0.3, -0.25) is 15.0 Å². The van der Waals surface area contributed by atoms with Gasteiger partial charge in [-0.2, -0.15) is 0 Å². The van der Waals surface area contributed by atoms with Gasteiger partial charge in [0.1, 0.15) is 11.6 Å². The Morgan fingerprint density at radius 3 is 2.86 bits per heavy atom. The molecule has 0 radical (unpaired) electrons. The van der Waals surface area contributed by atoms with Crippen molar-refractivity contribution in [2.75, 3.05) is 25.0 Å². The normalized spacial score (nSPS) is 20.2. The van der Waals surface area contributed by atoms with Crippen LogP contribution in [0, 0.1) is 0 Å². The number of ether oxygens (including phenoxy) is 2. The molecule has 0 bridgehead atoms. The van der Waals surface area contributed by atoms with E-state index in [9.17, 15) is 4.79 Å². The molecule has 1 saturated heterocycles. The summed E-state index contributed by atoms with van der Waals surface area (Å²) in [5, 5.41) is 6.27. The summed E-state index contributed by atoms with van der Waals surface area (Å²) < 4.78 is 12.4. The minimum absolute atomic E-state index is 0.0245. The van der Waals surface area contributed by atoms with Gasteiger partial charge in [0, 0.05) is 25.0 Å². The Hall–Kier alpha value is -1.91. The van der Waals surface area contributed by atoms with Gasteiger partial charge in [0.05, 0.1) is 34.7 Å². The molecule has 2 aromatic heterocycles. The lowest BCUT2D eigenvalue weighted by atomic mass is 10.2. The number of nitrogens with one attached hydrogen (secondary N) is 1. The number of benzene rings is 1. The van der Waals surface area contributed by atoms with E-state index in [2.05, 4.69) is 34.0 Å². The predicted molar refractivity (Wildman–Crippen MR) is 115 cm³/mol. The van der Waals surface area contributed by atoms with Gasteiger partial charge in [0.2, 0.25) is 0 Å². The Bertz CT molecular complexity index is 930. The molecule has 1 aliphatic heterocycles. The summed E-state index contributed by atoms with van der Waals surface area (Å²) in [5.74, 6) is -0.208. The standard InChI is InChI=1S/C20H24N4O3S2/c1-13-7-24(8-14(2)27-13)9-15-12-28-20(21-15)23-18(25)10-26-11-19-22-16-5-3-4-6-17(16)29-19/h3-6,12-14H,7-11H2,1-2H3,(H,21,23,25)/t13-,14-/m1/s1. The maximum Gasteiger partial charge on any atom is 0.252 e. The number of fused-ring (bicyclic) bond motifs is 1. The Labute approximate surface area is 177 Å². The molecule has 1 aromatic carbocycles. The van der Waals surface area contributed by atoms with Gasteiger partial charge < -0.3 is 9.47 Å². The van der Waals surface area contributed by atoms with Gasteiger partial charge >= 0.3 is 0 Å². The first-order valence-corrected chi connectivity index (χ1v) is 11.3. The van der Waals surface area contributed by atoms with Crippen molar-refractivity contribution in [3.05, 3.63) is 40.3 Å². The molecule has 29 heavy (non-hydrogen) atoms. The Morgan fingerprint density at radius 1 is 1.28 bits per heavy atom. The molecule has 9 heteroatoms. The van der Waals surface area contributed by atoms with E-state index in [1.165, 1.54) is 11.3 Å². The molecule has 3 heterocycles. The second-order valence-corrected chi connectivity index (χ2v) is 9.19. The number of thiazole rings is 2. The van der Waals surface area contributed by atoms with Crippen LogP contribution in [0.2, 0.25) is 0 Å². The summed E-state index contributed by atoms with van der Waals surface area (Å²) in [6.45, 7) is 7.02. The molecule has 1 amide bonds. The highest BCUT2D eigenvalue weighted by Crippen LogP contribution is 2.22. The summed E-state index contributed by atoms with van der Waals surface area (Å²) in [7, 11) is 0. The third-order valence-corrected chi connectivity index (χ3v) is 6.29. The molecule has 2 atom stereocenters. The molecule has 154 valence electrons. The Balaban J connectivity index is 1.22. The van der Waals surface area contributed by atoms with E-state index in [0.29, 0.717) is 11.7 Å². The van der Waals surface area contributed by atoms with Crippen LogP contribution in [-0.4, -0.2) is 52.7 Å². The molecular formula is C20H24N4O3S2. The number of hydrogen-bond donors (Lipinski definition) is 1. The number of rotatable bonds is 7. The summed E-state index contributed by atoms with van der Waals surface area (Å²) >= 11 is 3.02. The van der Waals surface area contributed by atoms with Gasteiger partial charge in [-0.05, 0) is 26.0 Å². The maximum atomic E-state index is 12.1. The zero-order valence-corrected chi connectivity index (χ0v) is 18.1. The first-order chi connectivity index (χ1) is 14.0. The molecule has 1 N–H and O–H groups in total. The highest BCUT2D eigenvalue weighted by Gasteiger charge is 2.22. The monoisotopic (exact) mass is 432 g/mol. The molecular weight excluding hydrogens is 408 g/mol. The fourth-order valence-corrected chi connectivity index (χ4v) is 5.07. The summed E-state index contributed by atoms with van der Waals surface area (Å²) in [6.07, 6.45) is 0.452. The van der Waals surface area contributed by atoms with Gasteiger partial charge in [-0.15, -0.1) is 22.7 Å². The van der Waals surface area contributed by atoms with Gasteiger partial charge in [0.25, 0.3) is 5.91 Å². The van der Waals surface area contributed by atoms with Gasteiger partial charge in [0.15, 0.2) is 5.13 Å². The lowest BCUT2D eigenvalue weighted by Gasteiger charge is -2.34. The number of nitrogens with zero attached hydrogens (tertiary/aromatic N) is 3. The molecule has 7 nitrogen and oxygen atoms in total. The van der Waals surface area contributed by atoms with Crippen LogP contribution in [0.3, 0.4) is 0 Å². The highest BCUT2D eigenvalue weighted by molar-refractivity contribution is 7.18. The average molecular weight is 433 g/mol. The average Bonchev–Trinajstić information content (AvgIpc) is 3.27. The molecule has 3 aromatic rings. The lowest BCUT2D eigenvalue weighted by molar-refractivity contribution is -0.121. The molecule has 0 aliphatic carbocycles. The van der Waals surface area contributed by atoms with Crippen LogP contribution < -0.4 is 5.32 Å². The van der Waals surface area contributed by atoms with E-state index >= 15 is 0 Å². The van der Waals surface area contributed by atoms with Crippen LogP contribution >= 0.6 is 22.7 Å². The van der Waals surface area contributed by atoms with Crippen LogP contribution in [0.15, 0.2) is 29.6 Å². The smallest absolute Gasteiger partial charge is 0.252 e. The summed E-state index contributed by atoms with van der Waals surface area (Å²) in [5.41, 5.74) is 1.92. The van der Waals surface area contributed by atoms with Crippen molar-refractivity contribution in [1.29, 1.82) is 0 Å². The number of anilines is 1. The first kappa shape index (κ1) is 20.4. The molecule has 0 unspecified atom stereocenters. The third-order valence-electron chi connectivity index (χ3n) is 4.48. The van der Waals surface area contributed by atoms with Crippen molar-refractivity contribution in [3.8, 4) is 0 Å². The highest BCUT2D eigenvalue weighted by atomic mass is 32.1. The number of hydrogen-bond acceptors (Lipinski definition) is 8. The number of carbonyl (C=O) groups is 1. The Kier molecular flexibility index (Phi) is 6.51. The maximum absolute atomic E-state index is 12.1. The summed E-state index contributed by atoms with van der Waals surface area (Å²) in [6, 6.07) is 7.95. The van der Waals surface area contributed by atoms with Crippen molar-refractivity contribution in [2.24, 2.45) is 0 Å². The van der Waals surface area contributed by atoms with E-state index in [-0.39, 0.29) is 24.7 Å². The van der Waals surface area contributed by atoms with E-state index in [4.69, 9.17) is 9.47 Å². The summed E-state index contributed by atoms with van der Waals surface area (Å²) in [4.78, 5) is 23.5. The molecule has 0 saturated carbocycles. The number of aromatic nitrogens is 2. The quantitative estimate of drug-likeness (QED) is 0.616. The van der Waals surface area contributed by atoms with Crippen molar-refractivity contribution < 1.29 is 14.3 Å². The fourth-order valence-electron chi connectivity index (χ4n) is 3.45. The Morgan fingerprint density at radius 2 is 2.07 bits per heavy atom. The largest absolute Gasteiger partial charge is 0.373 e. The van der Waals surface area contributed by atoms with Crippen molar-refractivity contribution >= 4 is 43.9 Å². The van der Waals surface area contributed by atoms with E-state index in [1.54, 1.807) is 11.3 Å². The van der Waals surface area contributed by atoms with Crippen LogP contribution in [0.25, 0.3) is 10.2 Å². The zero-order chi connectivity index (χ0) is 20.2. The number of para-hydroxylation sites is 1. The first-order valence-electron chi connectivity index (χ1n) is 9.59. The second kappa shape index (κ2) is 9.27. The predicted octanol–water partition coefficient (Wildman–Crippen LogP) is 3.52. The van der Waals surface area contributed by atoms with Crippen molar-refractivity contribution in [1.82, 2.24) is 14.9 Å². The zero-order valence-electron chi connectivity index (χ0n) is 16.5. The van der Waals surface area contributed by atoms with E-state index in [1.807, 2.05) is 29.6 Å². The number of carbonyl (C=O) groups excluding carboxylic acids is 1. The van der Waals surface area contributed by atoms with E-state index < -0.39 is 0 Å². The van der Waals surface area contributed by atoms with Crippen LogP contribution in [0.4, 0.5) is 5.13 Å². The van der Waals surface area contributed by atoms with Crippen LogP contribution in [0.1, 0.15) is 24.5 Å². The molecule has 4 rings (SSSR count). The fraction of sp³-hybridized carbons (Fsp3) is 0.450. The topological polar surface area (TPSA) is 76.6 Å². The van der Waals surface area contributed by atoms with Gasteiger partial charge in [-0.25, -0.2) is 9.97 Å². The minimum atomic E-state index is -0.208. The third kappa shape index (κ3) is 5.58. The van der Waals surface area contributed by atoms with E-state index in [0.717, 1.165) is 40.6 Å². The minimum Gasteiger partial charge on any atom is -0.373 e. The van der Waals surface area contributed by atoms with Crippen molar-refractivity contribution in [3.63, 3.8) is 0 Å². The van der Waals surface area contributed by atoms with Crippen molar-refractivity contribution in [2.45, 2.75) is 39.2 Å². The molecule has 1 fully saturated rings. The lowest BCUT2D eigenvalue weighted by Crippen LogP contribution is -2.44. The van der Waals surface area contributed by atoms with Crippen LogP contribution in [-0.2, 0) is 27.4 Å². The number of amides is 1. The number of morpholine rings is 1. The molecule has 1 aliphatic rings. The molecule has 0 spiro atoms.